The second kappa shape index (κ2) is 6.80. The number of carbonyl (C=O) groups is 1. The molecule has 2 heterocycles. The van der Waals surface area contributed by atoms with Gasteiger partial charge in [-0.1, -0.05) is 17.7 Å². The van der Waals surface area contributed by atoms with E-state index in [9.17, 15) is 4.79 Å². The largest absolute Gasteiger partial charge is 0.456 e. The van der Waals surface area contributed by atoms with Gasteiger partial charge in [-0.05, 0) is 73.9 Å². The number of carbonyl (C=O) groups excluding carboxylic acids is 1. The molecule has 0 aliphatic carbocycles. The quantitative estimate of drug-likeness (QED) is 0.504. The van der Waals surface area contributed by atoms with Gasteiger partial charge in [0, 0.05) is 29.2 Å². The van der Waals surface area contributed by atoms with Crippen molar-refractivity contribution in [2.75, 3.05) is 5.32 Å². The Bertz CT molecular complexity index is 1110. The van der Waals surface area contributed by atoms with Crippen LogP contribution >= 0.6 is 0 Å². The second-order valence-corrected chi connectivity index (χ2v) is 7.05. The third-order valence-corrected chi connectivity index (χ3v) is 4.89. The summed E-state index contributed by atoms with van der Waals surface area (Å²) in [4.78, 5) is 15.7. The van der Waals surface area contributed by atoms with Gasteiger partial charge >= 0.3 is 0 Å². The number of hydrogen-bond donors (Lipinski definition) is 2. The van der Waals surface area contributed by atoms with Crippen LogP contribution in [0.25, 0.3) is 10.9 Å². The molecule has 0 bridgehead atoms. The number of aromatic nitrogens is 1. The van der Waals surface area contributed by atoms with E-state index in [0.29, 0.717) is 12.2 Å². The highest BCUT2D eigenvalue weighted by atomic mass is 16.3. The highest BCUT2D eigenvalue weighted by Crippen LogP contribution is 2.22. The van der Waals surface area contributed by atoms with E-state index >= 15 is 0 Å². The van der Waals surface area contributed by atoms with E-state index in [1.165, 1.54) is 22.3 Å². The first-order valence-electron chi connectivity index (χ1n) is 9.03. The van der Waals surface area contributed by atoms with Crippen molar-refractivity contribution >= 4 is 22.5 Å². The maximum atomic E-state index is 12.5. The van der Waals surface area contributed by atoms with Crippen molar-refractivity contribution < 1.29 is 9.21 Å². The Balaban J connectivity index is 1.51. The van der Waals surface area contributed by atoms with Crippen LogP contribution in [0.1, 0.15) is 38.6 Å². The minimum atomic E-state index is -0.242. The zero-order chi connectivity index (χ0) is 19.0. The fraction of sp³-hybridized carbons (Fsp3) is 0.174. The van der Waals surface area contributed by atoms with Gasteiger partial charge in [0.05, 0.1) is 0 Å². The molecule has 0 aliphatic rings. The maximum Gasteiger partial charge on any atom is 0.291 e. The predicted molar refractivity (Wildman–Crippen MR) is 108 cm³/mol. The molecule has 0 atom stereocenters. The molecule has 0 fully saturated rings. The van der Waals surface area contributed by atoms with Crippen molar-refractivity contribution in [3.8, 4) is 0 Å². The number of nitrogens with one attached hydrogen (secondary N) is 2. The van der Waals surface area contributed by atoms with E-state index in [2.05, 4.69) is 43.2 Å². The zero-order valence-electron chi connectivity index (χ0n) is 15.7. The zero-order valence-corrected chi connectivity index (χ0v) is 15.7. The fourth-order valence-electron chi connectivity index (χ4n) is 3.58. The third kappa shape index (κ3) is 3.51. The molecule has 0 unspecified atom stereocenters. The highest BCUT2D eigenvalue weighted by Gasteiger charge is 2.14. The van der Waals surface area contributed by atoms with Gasteiger partial charge in [-0.2, -0.15) is 0 Å². The molecule has 4 nitrogen and oxygen atoms in total. The highest BCUT2D eigenvalue weighted by molar-refractivity contribution is 6.03. The minimum absolute atomic E-state index is 0.242. The van der Waals surface area contributed by atoms with Gasteiger partial charge in [-0.3, -0.25) is 4.79 Å². The van der Waals surface area contributed by atoms with Gasteiger partial charge in [-0.25, -0.2) is 0 Å². The molecule has 2 N–H and O–H groups in total. The van der Waals surface area contributed by atoms with Gasteiger partial charge < -0.3 is 14.7 Å². The van der Waals surface area contributed by atoms with Crippen LogP contribution < -0.4 is 5.32 Å². The van der Waals surface area contributed by atoms with Crippen LogP contribution in [0.15, 0.2) is 59.1 Å². The normalized spacial score (nSPS) is 11.1. The molecule has 4 heteroatoms. The Morgan fingerprint density at radius 1 is 1.00 bits per heavy atom. The van der Waals surface area contributed by atoms with Crippen LogP contribution in [0.4, 0.5) is 5.69 Å². The molecule has 4 aromatic rings. The molecule has 0 saturated carbocycles. The summed E-state index contributed by atoms with van der Waals surface area (Å²) < 4.78 is 5.82. The number of anilines is 1. The molecular formula is C23H22N2O2. The van der Waals surface area contributed by atoms with E-state index in [1.807, 2.05) is 36.5 Å². The van der Waals surface area contributed by atoms with Gasteiger partial charge in [0.25, 0.3) is 5.91 Å². The summed E-state index contributed by atoms with van der Waals surface area (Å²) in [5, 5.41) is 3.95. The Morgan fingerprint density at radius 3 is 2.56 bits per heavy atom. The van der Waals surface area contributed by atoms with Crippen molar-refractivity contribution in [2.24, 2.45) is 0 Å². The van der Waals surface area contributed by atoms with Crippen molar-refractivity contribution in [3.05, 3.63) is 88.5 Å². The molecule has 0 aliphatic heterocycles. The number of furan rings is 1. The third-order valence-electron chi connectivity index (χ3n) is 4.89. The van der Waals surface area contributed by atoms with E-state index in [-0.39, 0.29) is 5.91 Å². The monoisotopic (exact) mass is 358 g/mol. The van der Waals surface area contributed by atoms with Crippen LogP contribution in [0.5, 0.6) is 0 Å². The van der Waals surface area contributed by atoms with Crippen LogP contribution in [0, 0.1) is 20.8 Å². The number of hydrogen-bond acceptors (Lipinski definition) is 2. The SMILES string of the molecule is Cc1cc(C)c(Cc2ccc(C(=O)Nc3ccc4[nH]ccc4c3)o2)c(C)c1. The summed E-state index contributed by atoms with van der Waals surface area (Å²) in [6.45, 7) is 6.33. The average Bonchev–Trinajstić information content (AvgIpc) is 3.27. The Labute approximate surface area is 158 Å². The lowest BCUT2D eigenvalue weighted by Gasteiger charge is -2.10. The van der Waals surface area contributed by atoms with E-state index in [4.69, 9.17) is 4.42 Å². The van der Waals surface area contributed by atoms with Crippen LogP contribution in [0.3, 0.4) is 0 Å². The van der Waals surface area contributed by atoms with Gasteiger partial charge in [0.15, 0.2) is 5.76 Å². The number of H-pyrrole nitrogens is 1. The summed E-state index contributed by atoms with van der Waals surface area (Å²) in [6.07, 6.45) is 2.56. The molecule has 2 aromatic heterocycles. The molecule has 0 spiro atoms. The van der Waals surface area contributed by atoms with Crippen molar-refractivity contribution in [1.82, 2.24) is 4.98 Å². The predicted octanol–water partition coefficient (Wildman–Crippen LogP) is 5.53. The fourth-order valence-corrected chi connectivity index (χ4v) is 3.58. The molecular weight excluding hydrogens is 336 g/mol. The van der Waals surface area contributed by atoms with E-state index in [0.717, 1.165) is 22.4 Å². The van der Waals surface area contributed by atoms with Crippen LogP contribution in [-0.2, 0) is 6.42 Å². The molecule has 2 aromatic carbocycles. The first kappa shape index (κ1) is 17.2. The molecule has 0 saturated heterocycles. The summed E-state index contributed by atoms with van der Waals surface area (Å²) in [5.41, 5.74) is 6.78. The first-order valence-corrected chi connectivity index (χ1v) is 9.03. The lowest BCUT2D eigenvalue weighted by atomic mass is 9.97. The van der Waals surface area contributed by atoms with E-state index in [1.54, 1.807) is 6.07 Å². The molecule has 4 rings (SSSR count). The first-order chi connectivity index (χ1) is 13.0. The number of aromatic amines is 1. The number of benzene rings is 2. The average molecular weight is 358 g/mol. The van der Waals surface area contributed by atoms with E-state index < -0.39 is 0 Å². The topological polar surface area (TPSA) is 58.0 Å². The number of aryl methyl sites for hydroxylation is 3. The summed E-state index contributed by atoms with van der Waals surface area (Å²) in [6, 6.07) is 15.7. The Morgan fingerprint density at radius 2 is 1.78 bits per heavy atom. The summed E-state index contributed by atoms with van der Waals surface area (Å²) in [7, 11) is 0. The second-order valence-electron chi connectivity index (χ2n) is 7.05. The van der Waals surface area contributed by atoms with Crippen LogP contribution in [0.2, 0.25) is 0 Å². The lowest BCUT2D eigenvalue weighted by molar-refractivity contribution is 0.0995. The molecule has 0 radical (unpaired) electrons. The van der Waals surface area contributed by atoms with Gasteiger partial charge in [-0.15, -0.1) is 0 Å². The smallest absolute Gasteiger partial charge is 0.291 e. The lowest BCUT2D eigenvalue weighted by Crippen LogP contribution is -2.10. The Hall–Kier alpha value is -3.27. The minimum Gasteiger partial charge on any atom is -0.456 e. The van der Waals surface area contributed by atoms with Crippen molar-refractivity contribution in [2.45, 2.75) is 27.2 Å². The van der Waals surface area contributed by atoms with Gasteiger partial charge in [0.1, 0.15) is 5.76 Å². The summed E-state index contributed by atoms with van der Waals surface area (Å²) in [5.74, 6) is 0.867. The van der Waals surface area contributed by atoms with Crippen LogP contribution in [-0.4, -0.2) is 10.9 Å². The molecule has 27 heavy (non-hydrogen) atoms. The maximum absolute atomic E-state index is 12.5. The van der Waals surface area contributed by atoms with Crippen molar-refractivity contribution in [3.63, 3.8) is 0 Å². The van der Waals surface area contributed by atoms with Gasteiger partial charge in [0.2, 0.25) is 0 Å². The summed E-state index contributed by atoms with van der Waals surface area (Å²) >= 11 is 0. The molecule has 1 amide bonds. The van der Waals surface area contributed by atoms with Crippen molar-refractivity contribution in [1.29, 1.82) is 0 Å². The Kier molecular flexibility index (Phi) is 4.32. The number of fused-ring (bicyclic) bond motifs is 1. The number of rotatable bonds is 4. The molecule has 136 valence electrons. The number of amides is 1. The standard InChI is InChI=1S/C23H22N2O2/c1-14-10-15(2)20(16(3)11-14)13-19-5-7-22(27-19)23(26)25-18-4-6-21-17(12-18)8-9-24-21/h4-12,24H,13H2,1-3H3,(H,25,26).